The van der Waals surface area contributed by atoms with Crippen LogP contribution in [-0.2, 0) is 14.6 Å². The van der Waals surface area contributed by atoms with E-state index in [2.05, 4.69) is 5.32 Å². The second kappa shape index (κ2) is 7.16. The summed E-state index contributed by atoms with van der Waals surface area (Å²) in [6.45, 7) is 0. The zero-order chi connectivity index (χ0) is 19.5. The van der Waals surface area contributed by atoms with E-state index in [0.717, 1.165) is 6.26 Å². The molecule has 0 saturated carbocycles. The number of carbonyl (C=O) groups is 2. The van der Waals surface area contributed by atoms with Gasteiger partial charge in [0.05, 0.1) is 4.90 Å². The quantitative estimate of drug-likeness (QED) is 0.845. The van der Waals surface area contributed by atoms with Crippen LogP contribution in [0.4, 0.5) is 24.5 Å². The summed E-state index contributed by atoms with van der Waals surface area (Å²) in [5.41, 5.74) is 0.261. The maximum absolute atomic E-state index is 12.2. The first-order valence-electron chi connectivity index (χ1n) is 7.06. The number of hydrogen-bond donors (Lipinski definition) is 2. The molecule has 0 radical (unpaired) electrons. The van der Waals surface area contributed by atoms with Crippen molar-refractivity contribution in [3.63, 3.8) is 0 Å². The van der Waals surface area contributed by atoms with E-state index in [9.17, 15) is 31.2 Å². The molecule has 10 heteroatoms. The van der Waals surface area contributed by atoms with Crippen LogP contribution >= 0.6 is 0 Å². The molecule has 0 atom stereocenters. The smallest absolute Gasteiger partial charge is 0.322 e. The molecule has 6 nitrogen and oxygen atoms in total. The Bertz CT molecular complexity index is 939. The van der Waals surface area contributed by atoms with Crippen LogP contribution in [0, 0.1) is 0 Å². The van der Waals surface area contributed by atoms with Crippen LogP contribution in [0.1, 0.15) is 10.4 Å². The van der Waals surface area contributed by atoms with E-state index in [0.29, 0.717) is 0 Å². The number of benzene rings is 2. The summed E-state index contributed by atoms with van der Waals surface area (Å²) in [6.07, 6.45) is -3.99. The molecule has 0 fully saturated rings. The number of halogens is 3. The molecule has 0 spiro atoms. The Hall–Kier alpha value is -2.88. The molecular weight excluding hydrogens is 373 g/mol. The van der Waals surface area contributed by atoms with Crippen LogP contribution in [-0.4, -0.2) is 32.7 Å². The summed E-state index contributed by atoms with van der Waals surface area (Å²) in [4.78, 5) is 23.0. The molecule has 2 amide bonds. The molecule has 26 heavy (non-hydrogen) atoms. The van der Waals surface area contributed by atoms with Gasteiger partial charge in [-0.2, -0.15) is 13.2 Å². The summed E-state index contributed by atoms with van der Waals surface area (Å²) in [6, 6.07) is 10.4. The molecule has 2 aromatic rings. The van der Waals surface area contributed by atoms with Crippen molar-refractivity contribution in [3.05, 3.63) is 54.1 Å². The minimum absolute atomic E-state index is 0.0182. The lowest BCUT2D eigenvalue weighted by Crippen LogP contribution is -2.29. The fourth-order valence-corrected chi connectivity index (χ4v) is 2.58. The van der Waals surface area contributed by atoms with Gasteiger partial charge in [-0.1, -0.05) is 6.07 Å². The van der Waals surface area contributed by atoms with Gasteiger partial charge in [-0.25, -0.2) is 8.42 Å². The van der Waals surface area contributed by atoms with Crippen molar-refractivity contribution in [1.82, 2.24) is 0 Å². The summed E-state index contributed by atoms with van der Waals surface area (Å²) in [5, 5.41) is 4.15. The summed E-state index contributed by atoms with van der Waals surface area (Å²) >= 11 is 0. The van der Waals surface area contributed by atoms with E-state index in [4.69, 9.17) is 0 Å². The van der Waals surface area contributed by atoms with E-state index in [-0.39, 0.29) is 21.8 Å². The molecule has 0 unspecified atom stereocenters. The average molecular weight is 386 g/mol. The first-order chi connectivity index (χ1) is 12.0. The van der Waals surface area contributed by atoms with Crippen molar-refractivity contribution < 1.29 is 31.2 Å². The third-order valence-electron chi connectivity index (χ3n) is 3.18. The number of rotatable bonds is 4. The molecule has 0 aliphatic heterocycles. The van der Waals surface area contributed by atoms with Crippen LogP contribution in [0.25, 0.3) is 0 Å². The molecule has 0 aromatic heterocycles. The van der Waals surface area contributed by atoms with Crippen LogP contribution in [0.3, 0.4) is 0 Å². The number of nitrogens with one attached hydrogen (secondary N) is 2. The molecule has 138 valence electrons. The van der Waals surface area contributed by atoms with Gasteiger partial charge in [-0.3, -0.25) is 9.59 Å². The topological polar surface area (TPSA) is 92.3 Å². The van der Waals surface area contributed by atoms with Crippen LogP contribution in [0.5, 0.6) is 0 Å². The number of anilines is 2. The van der Waals surface area contributed by atoms with Gasteiger partial charge < -0.3 is 10.6 Å². The van der Waals surface area contributed by atoms with E-state index in [1.54, 1.807) is 5.32 Å². The highest BCUT2D eigenvalue weighted by molar-refractivity contribution is 7.90. The summed E-state index contributed by atoms with van der Waals surface area (Å²) in [7, 11) is -3.47. The van der Waals surface area contributed by atoms with Crippen LogP contribution in [0.15, 0.2) is 53.4 Å². The number of hydrogen-bond acceptors (Lipinski definition) is 4. The standard InChI is InChI=1S/C16H13F3N2O4S/c1-26(24,25)13-4-2-3-10(9-13)14(22)20-11-5-7-12(8-6-11)21-15(23)16(17,18)19/h2-9H,1H3,(H,20,22)(H,21,23). The minimum atomic E-state index is -5.00. The normalized spacial score (nSPS) is 11.7. The lowest BCUT2D eigenvalue weighted by atomic mass is 10.2. The molecular formula is C16H13F3N2O4S. The van der Waals surface area contributed by atoms with Gasteiger partial charge in [0.1, 0.15) is 0 Å². The molecule has 0 aliphatic carbocycles. The number of carbonyl (C=O) groups excluding carboxylic acids is 2. The van der Waals surface area contributed by atoms with Gasteiger partial charge in [-0.15, -0.1) is 0 Å². The molecule has 0 heterocycles. The molecule has 2 aromatic carbocycles. The Morgan fingerprint density at radius 2 is 1.46 bits per heavy atom. The lowest BCUT2D eigenvalue weighted by Gasteiger charge is -2.10. The predicted molar refractivity (Wildman–Crippen MR) is 88.6 cm³/mol. The molecule has 2 N–H and O–H groups in total. The highest BCUT2D eigenvalue weighted by Gasteiger charge is 2.38. The Labute approximate surface area is 146 Å². The Kier molecular flexibility index (Phi) is 5.36. The van der Waals surface area contributed by atoms with Gasteiger partial charge in [-0.05, 0) is 42.5 Å². The molecule has 2 rings (SSSR count). The minimum Gasteiger partial charge on any atom is -0.322 e. The third kappa shape index (κ3) is 5.06. The van der Waals surface area contributed by atoms with Crippen molar-refractivity contribution >= 4 is 33.0 Å². The fraction of sp³-hybridized carbons (Fsp3) is 0.125. The Morgan fingerprint density at radius 3 is 1.96 bits per heavy atom. The second-order valence-electron chi connectivity index (χ2n) is 5.28. The first kappa shape index (κ1) is 19.4. The van der Waals surface area contributed by atoms with Crippen molar-refractivity contribution in [3.8, 4) is 0 Å². The van der Waals surface area contributed by atoms with Crippen molar-refractivity contribution in [2.24, 2.45) is 0 Å². The lowest BCUT2D eigenvalue weighted by molar-refractivity contribution is -0.167. The average Bonchev–Trinajstić information content (AvgIpc) is 2.55. The van der Waals surface area contributed by atoms with Gasteiger partial charge in [0.2, 0.25) is 0 Å². The number of sulfone groups is 1. The number of alkyl halides is 3. The highest BCUT2D eigenvalue weighted by atomic mass is 32.2. The maximum Gasteiger partial charge on any atom is 0.471 e. The summed E-state index contributed by atoms with van der Waals surface area (Å²) < 4.78 is 59.6. The maximum atomic E-state index is 12.2. The third-order valence-corrected chi connectivity index (χ3v) is 4.29. The van der Waals surface area contributed by atoms with Crippen LogP contribution < -0.4 is 10.6 Å². The van der Waals surface area contributed by atoms with Gasteiger partial charge in [0, 0.05) is 23.2 Å². The molecule has 0 bridgehead atoms. The predicted octanol–water partition coefficient (Wildman–Crippen LogP) is 2.84. The van der Waals surface area contributed by atoms with Crippen LogP contribution in [0.2, 0.25) is 0 Å². The van der Waals surface area contributed by atoms with E-state index in [1.165, 1.54) is 48.5 Å². The fourth-order valence-electron chi connectivity index (χ4n) is 1.91. The first-order valence-corrected chi connectivity index (χ1v) is 8.96. The SMILES string of the molecule is CS(=O)(=O)c1cccc(C(=O)Nc2ccc(NC(=O)C(F)(F)F)cc2)c1. The summed E-state index contributed by atoms with van der Waals surface area (Å²) in [5.74, 6) is -2.70. The van der Waals surface area contributed by atoms with Crippen molar-refractivity contribution in [2.75, 3.05) is 16.9 Å². The second-order valence-corrected chi connectivity index (χ2v) is 7.30. The van der Waals surface area contributed by atoms with Gasteiger partial charge >= 0.3 is 12.1 Å². The zero-order valence-corrected chi connectivity index (χ0v) is 14.1. The van der Waals surface area contributed by atoms with Crippen molar-refractivity contribution in [2.45, 2.75) is 11.1 Å². The largest absolute Gasteiger partial charge is 0.471 e. The van der Waals surface area contributed by atoms with Gasteiger partial charge in [0.25, 0.3) is 5.91 Å². The van der Waals surface area contributed by atoms with Crippen molar-refractivity contribution in [1.29, 1.82) is 0 Å². The van der Waals surface area contributed by atoms with E-state index >= 15 is 0 Å². The monoisotopic (exact) mass is 386 g/mol. The highest BCUT2D eigenvalue weighted by Crippen LogP contribution is 2.20. The van der Waals surface area contributed by atoms with E-state index in [1.807, 2.05) is 0 Å². The number of amides is 2. The Balaban J connectivity index is 2.10. The molecule has 0 aliphatic rings. The van der Waals surface area contributed by atoms with E-state index < -0.39 is 27.8 Å². The Morgan fingerprint density at radius 1 is 0.923 bits per heavy atom. The zero-order valence-electron chi connectivity index (χ0n) is 13.3. The van der Waals surface area contributed by atoms with Gasteiger partial charge in [0.15, 0.2) is 9.84 Å². The molecule has 0 saturated heterocycles.